The van der Waals surface area contributed by atoms with Gasteiger partial charge in [-0.2, -0.15) is 5.26 Å². The van der Waals surface area contributed by atoms with Gasteiger partial charge in [-0.15, -0.1) is 0 Å². The number of methoxy groups -OCH3 is 1. The van der Waals surface area contributed by atoms with E-state index >= 15 is 0 Å². The van der Waals surface area contributed by atoms with Crippen molar-refractivity contribution in [2.45, 2.75) is 45.3 Å². The number of nitrogens with two attached hydrogens (primary N) is 1. The van der Waals surface area contributed by atoms with E-state index in [9.17, 15) is 0 Å². The maximum absolute atomic E-state index is 9.11. The molecule has 1 heterocycles. The van der Waals surface area contributed by atoms with Crippen LogP contribution in [0.25, 0.3) is 0 Å². The third-order valence-electron chi connectivity index (χ3n) is 3.96. The molecule has 1 aliphatic rings. The van der Waals surface area contributed by atoms with Crippen molar-refractivity contribution in [3.63, 3.8) is 0 Å². The number of nitrogen functional groups attached to an aromatic ring is 1. The van der Waals surface area contributed by atoms with Crippen molar-refractivity contribution in [2.24, 2.45) is 0 Å². The zero-order valence-electron chi connectivity index (χ0n) is 10.7. The molecule has 0 bridgehead atoms. The Morgan fingerprint density at radius 2 is 2.12 bits per heavy atom. The molecule has 2 atom stereocenters. The summed E-state index contributed by atoms with van der Waals surface area (Å²) in [6, 6.07) is 2.57. The summed E-state index contributed by atoms with van der Waals surface area (Å²) in [6.45, 7) is 4.00. The summed E-state index contributed by atoms with van der Waals surface area (Å²) in [5.41, 5.74) is 8.83. The number of anilines is 1. The van der Waals surface area contributed by atoms with Crippen LogP contribution in [0.3, 0.4) is 0 Å². The van der Waals surface area contributed by atoms with Crippen LogP contribution >= 0.6 is 0 Å². The van der Waals surface area contributed by atoms with Crippen molar-refractivity contribution < 1.29 is 4.74 Å². The molecule has 2 N–H and O–H groups in total. The maximum atomic E-state index is 9.11. The predicted octanol–water partition coefficient (Wildman–Crippen LogP) is 2.30. The summed E-state index contributed by atoms with van der Waals surface area (Å²) < 4.78 is 7.50. The van der Waals surface area contributed by atoms with E-state index in [1.54, 1.807) is 7.11 Å². The molecule has 4 nitrogen and oxygen atoms in total. The number of ether oxygens (including phenoxy) is 1. The van der Waals surface area contributed by atoms with Gasteiger partial charge in [0, 0.05) is 18.8 Å². The van der Waals surface area contributed by atoms with E-state index in [1.165, 1.54) is 0 Å². The maximum Gasteiger partial charge on any atom is 0.122 e. The van der Waals surface area contributed by atoms with Crippen molar-refractivity contribution >= 4 is 5.82 Å². The molecular weight excluding hydrogens is 214 g/mol. The highest BCUT2D eigenvalue weighted by Crippen LogP contribution is 2.37. The highest BCUT2D eigenvalue weighted by Gasteiger charge is 2.29. The predicted molar refractivity (Wildman–Crippen MR) is 66.7 cm³/mol. The zero-order valence-corrected chi connectivity index (χ0v) is 10.7. The van der Waals surface area contributed by atoms with Crippen LogP contribution in [0.15, 0.2) is 0 Å². The largest absolute Gasteiger partial charge is 0.384 e. The van der Waals surface area contributed by atoms with Crippen molar-refractivity contribution in [1.29, 1.82) is 5.26 Å². The van der Waals surface area contributed by atoms with Crippen molar-refractivity contribution in [2.75, 3.05) is 12.8 Å². The first-order chi connectivity index (χ1) is 8.10. The van der Waals surface area contributed by atoms with E-state index in [0.29, 0.717) is 23.5 Å². The van der Waals surface area contributed by atoms with Crippen LogP contribution < -0.4 is 5.73 Å². The molecule has 17 heavy (non-hydrogen) atoms. The molecule has 4 heteroatoms. The van der Waals surface area contributed by atoms with Crippen LogP contribution in [0.4, 0.5) is 5.82 Å². The molecule has 0 amide bonds. The highest BCUT2D eigenvalue weighted by atomic mass is 16.5. The lowest BCUT2D eigenvalue weighted by atomic mass is 10.2. The second kappa shape index (κ2) is 4.42. The number of nitriles is 1. The van der Waals surface area contributed by atoms with Crippen LogP contribution in [-0.4, -0.2) is 17.8 Å². The zero-order chi connectivity index (χ0) is 12.6. The molecule has 1 aliphatic carbocycles. The Kier molecular flexibility index (Phi) is 3.12. The van der Waals surface area contributed by atoms with E-state index < -0.39 is 0 Å². The Bertz CT molecular complexity index is 470. The summed E-state index contributed by atoms with van der Waals surface area (Å²) in [7, 11) is 1.75. The fourth-order valence-corrected chi connectivity index (χ4v) is 2.83. The number of rotatable bonds is 2. The number of nitrogens with zero attached hydrogens (tertiary/aromatic N) is 2. The third kappa shape index (κ3) is 1.81. The molecule has 2 unspecified atom stereocenters. The van der Waals surface area contributed by atoms with E-state index in [0.717, 1.165) is 30.5 Å². The Hall–Kier alpha value is -1.47. The van der Waals surface area contributed by atoms with Gasteiger partial charge in [0.2, 0.25) is 0 Å². The normalized spacial score (nSPS) is 23.9. The van der Waals surface area contributed by atoms with Crippen molar-refractivity contribution in [1.82, 2.24) is 4.57 Å². The molecular formula is C13H19N3O. The first-order valence-corrected chi connectivity index (χ1v) is 5.99. The summed E-state index contributed by atoms with van der Waals surface area (Å²) in [5, 5.41) is 9.11. The monoisotopic (exact) mass is 233 g/mol. The molecule has 0 aromatic carbocycles. The Labute approximate surface area is 102 Å². The van der Waals surface area contributed by atoms with Gasteiger partial charge in [0.05, 0.1) is 11.7 Å². The lowest BCUT2D eigenvalue weighted by Crippen LogP contribution is -2.12. The van der Waals surface area contributed by atoms with Gasteiger partial charge in [-0.05, 0) is 38.7 Å². The minimum atomic E-state index is 0.326. The molecule has 1 aromatic heterocycles. The fourth-order valence-electron chi connectivity index (χ4n) is 2.83. The lowest BCUT2D eigenvalue weighted by Gasteiger charge is -2.17. The summed E-state index contributed by atoms with van der Waals surface area (Å²) >= 11 is 0. The Morgan fingerprint density at radius 1 is 1.41 bits per heavy atom. The first-order valence-electron chi connectivity index (χ1n) is 5.99. The van der Waals surface area contributed by atoms with Crippen LogP contribution in [0.1, 0.15) is 42.1 Å². The van der Waals surface area contributed by atoms with E-state index in [-0.39, 0.29) is 0 Å². The second-order valence-corrected chi connectivity index (χ2v) is 4.78. The quantitative estimate of drug-likeness (QED) is 0.852. The van der Waals surface area contributed by atoms with Gasteiger partial charge in [0.1, 0.15) is 11.9 Å². The first kappa shape index (κ1) is 12.0. The minimum absolute atomic E-state index is 0.326. The van der Waals surface area contributed by atoms with Crippen LogP contribution in [0.5, 0.6) is 0 Å². The van der Waals surface area contributed by atoms with E-state index in [4.69, 9.17) is 15.7 Å². The van der Waals surface area contributed by atoms with Gasteiger partial charge in [-0.1, -0.05) is 0 Å². The summed E-state index contributed by atoms with van der Waals surface area (Å²) in [4.78, 5) is 0. The van der Waals surface area contributed by atoms with Gasteiger partial charge in [0.25, 0.3) is 0 Å². The van der Waals surface area contributed by atoms with Crippen LogP contribution in [0.2, 0.25) is 0 Å². The number of hydrogen-bond acceptors (Lipinski definition) is 3. The Morgan fingerprint density at radius 3 is 2.59 bits per heavy atom. The molecule has 0 aliphatic heterocycles. The fraction of sp³-hybridized carbons (Fsp3) is 0.615. The molecule has 1 aromatic rings. The number of aromatic nitrogens is 1. The van der Waals surface area contributed by atoms with E-state index in [1.807, 2.05) is 13.8 Å². The molecule has 2 rings (SSSR count). The molecule has 0 saturated heterocycles. The smallest absolute Gasteiger partial charge is 0.122 e. The van der Waals surface area contributed by atoms with Gasteiger partial charge < -0.3 is 15.0 Å². The average molecular weight is 233 g/mol. The lowest BCUT2D eigenvalue weighted by molar-refractivity contribution is 0.106. The van der Waals surface area contributed by atoms with Crippen molar-refractivity contribution in [3.05, 3.63) is 16.8 Å². The SMILES string of the molecule is COC1CCC(n2c(C)c(C)c(C#N)c2N)C1. The van der Waals surface area contributed by atoms with Gasteiger partial charge in [0.15, 0.2) is 0 Å². The number of hydrogen-bond donors (Lipinski definition) is 1. The average Bonchev–Trinajstić information content (AvgIpc) is 2.85. The summed E-state index contributed by atoms with van der Waals surface area (Å²) in [5.74, 6) is 0.615. The van der Waals surface area contributed by atoms with Gasteiger partial charge >= 0.3 is 0 Å². The van der Waals surface area contributed by atoms with Crippen LogP contribution in [-0.2, 0) is 4.74 Å². The third-order valence-corrected chi connectivity index (χ3v) is 3.96. The van der Waals surface area contributed by atoms with Gasteiger partial charge in [-0.3, -0.25) is 0 Å². The second-order valence-electron chi connectivity index (χ2n) is 4.78. The molecule has 0 spiro atoms. The molecule has 1 saturated carbocycles. The molecule has 0 radical (unpaired) electrons. The van der Waals surface area contributed by atoms with Gasteiger partial charge in [-0.25, -0.2) is 0 Å². The Balaban J connectivity index is 2.38. The highest BCUT2D eigenvalue weighted by molar-refractivity contribution is 5.58. The molecule has 92 valence electrons. The van der Waals surface area contributed by atoms with Crippen molar-refractivity contribution in [3.8, 4) is 6.07 Å². The van der Waals surface area contributed by atoms with Crippen LogP contribution in [0, 0.1) is 25.2 Å². The standard InChI is InChI=1S/C13H19N3O/c1-8-9(2)16(13(15)12(8)7-14)10-4-5-11(6-10)17-3/h10-11H,4-6,15H2,1-3H3. The summed E-state index contributed by atoms with van der Waals surface area (Å²) in [6.07, 6.45) is 3.45. The topological polar surface area (TPSA) is 64.0 Å². The molecule has 1 fully saturated rings. The minimum Gasteiger partial charge on any atom is -0.384 e. The van der Waals surface area contributed by atoms with E-state index in [2.05, 4.69) is 10.6 Å².